The molecule has 3 rings (SSSR count). The topological polar surface area (TPSA) is 97.5 Å². The third-order valence-corrected chi connectivity index (χ3v) is 4.04. The van der Waals surface area contributed by atoms with Crippen molar-refractivity contribution in [1.82, 2.24) is 10.3 Å². The first-order valence-electron chi connectivity index (χ1n) is 8.09. The predicted molar refractivity (Wildman–Crippen MR) is 93.4 cm³/mol. The van der Waals surface area contributed by atoms with Gasteiger partial charge in [-0.25, -0.2) is 0 Å². The number of nitrogens with one attached hydrogen (secondary N) is 1. The zero-order valence-electron chi connectivity index (χ0n) is 13.8. The van der Waals surface area contributed by atoms with Crippen molar-refractivity contribution in [3.63, 3.8) is 0 Å². The smallest absolute Gasteiger partial charge is 0.267 e. The number of aromatic nitrogens is 1. The second kappa shape index (κ2) is 7.76. The van der Waals surface area contributed by atoms with Crippen molar-refractivity contribution in [1.29, 1.82) is 0 Å². The molecule has 0 saturated carbocycles. The van der Waals surface area contributed by atoms with Gasteiger partial charge in [0, 0.05) is 31.5 Å². The van der Waals surface area contributed by atoms with Crippen LogP contribution >= 0.6 is 0 Å². The number of anilines is 1. The molecule has 0 bridgehead atoms. The van der Waals surface area contributed by atoms with Crippen LogP contribution in [-0.2, 0) is 11.3 Å². The van der Waals surface area contributed by atoms with E-state index >= 15 is 0 Å². The maximum Gasteiger partial charge on any atom is 0.267 e. The van der Waals surface area contributed by atoms with Gasteiger partial charge in [-0.05, 0) is 29.8 Å². The monoisotopic (exact) mass is 340 g/mol. The first-order valence-corrected chi connectivity index (χ1v) is 8.09. The number of nitrogens with two attached hydrogens (primary N) is 1. The number of nitrogens with zero attached hydrogens (tertiary/aromatic N) is 2. The van der Waals surface area contributed by atoms with Gasteiger partial charge in [0.05, 0.1) is 18.8 Å². The van der Waals surface area contributed by atoms with Crippen LogP contribution in [0, 0.1) is 0 Å². The number of pyridine rings is 1. The minimum absolute atomic E-state index is 0.134. The van der Waals surface area contributed by atoms with Gasteiger partial charge in [-0.1, -0.05) is 12.1 Å². The average Bonchev–Trinajstić information content (AvgIpc) is 2.67. The lowest BCUT2D eigenvalue weighted by atomic mass is 10.1. The van der Waals surface area contributed by atoms with Crippen LogP contribution in [0.25, 0.3) is 0 Å². The second-order valence-corrected chi connectivity index (χ2v) is 5.74. The summed E-state index contributed by atoms with van der Waals surface area (Å²) in [7, 11) is 0. The van der Waals surface area contributed by atoms with Crippen molar-refractivity contribution in [3.8, 4) is 0 Å². The van der Waals surface area contributed by atoms with Crippen molar-refractivity contribution >= 4 is 17.5 Å². The van der Waals surface area contributed by atoms with Crippen LogP contribution in [0.2, 0.25) is 0 Å². The summed E-state index contributed by atoms with van der Waals surface area (Å²) in [6.45, 7) is 3.70. The molecule has 3 N–H and O–H groups in total. The van der Waals surface area contributed by atoms with E-state index in [1.165, 1.54) is 18.3 Å². The summed E-state index contributed by atoms with van der Waals surface area (Å²) in [6, 6.07) is 11.1. The number of hydrogen-bond donors (Lipinski definition) is 2. The number of carbonyl (C=O) groups excluding carboxylic acids is 2. The van der Waals surface area contributed by atoms with Gasteiger partial charge in [-0.15, -0.1) is 0 Å². The third-order valence-electron chi connectivity index (χ3n) is 4.04. The molecule has 1 aromatic carbocycles. The largest absolute Gasteiger partial charge is 0.378 e. The van der Waals surface area contributed by atoms with Crippen molar-refractivity contribution in [2.75, 3.05) is 31.2 Å². The molecule has 7 nitrogen and oxygen atoms in total. The lowest BCUT2D eigenvalue weighted by Crippen LogP contribution is -2.36. The first kappa shape index (κ1) is 16.9. The number of ether oxygens (including phenoxy) is 1. The molecule has 1 aliphatic rings. The maximum absolute atomic E-state index is 12.1. The molecule has 0 spiro atoms. The van der Waals surface area contributed by atoms with Crippen molar-refractivity contribution in [2.45, 2.75) is 6.54 Å². The molecule has 130 valence electrons. The highest BCUT2D eigenvalue weighted by molar-refractivity contribution is 5.95. The fourth-order valence-electron chi connectivity index (χ4n) is 2.60. The van der Waals surface area contributed by atoms with E-state index < -0.39 is 5.91 Å². The Balaban J connectivity index is 1.55. The molecule has 2 heterocycles. The summed E-state index contributed by atoms with van der Waals surface area (Å²) < 4.78 is 5.35. The van der Waals surface area contributed by atoms with E-state index in [9.17, 15) is 9.59 Å². The van der Waals surface area contributed by atoms with Gasteiger partial charge in [-0.3, -0.25) is 14.6 Å². The molecule has 1 aromatic heterocycles. The van der Waals surface area contributed by atoms with Gasteiger partial charge >= 0.3 is 0 Å². The van der Waals surface area contributed by atoms with E-state index in [1.54, 1.807) is 0 Å². The van der Waals surface area contributed by atoms with E-state index in [1.807, 2.05) is 12.1 Å². The summed E-state index contributed by atoms with van der Waals surface area (Å²) in [5, 5.41) is 2.83. The lowest BCUT2D eigenvalue weighted by Gasteiger charge is -2.28. The van der Waals surface area contributed by atoms with Gasteiger partial charge in [0.1, 0.15) is 5.69 Å². The zero-order chi connectivity index (χ0) is 17.6. The Morgan fingerprint density at radius 3 is 2.44 bits per heavy atom. The molecule has 0 radical (unpaired) electrons. The fraction of sp³-hybridized carbons (Fsp3) is 0.278. The molecule has 1 saturated heterocycles. The number of hydrogen-bond acceptors (Lipinski definition) is 5. The van der Waals surface area contributed by atoms with Crippen LogP contribution in [0.1, 0.15) is 26.4 Å². The van der Waals surface area contributed by atoms with Gasteiger partial charge in [0.25, 0.3) is 11.8 Å². The van der Waals surface area contributed by atoms with Crippen molar-refractivity contribution in [2.24, 2.45) is 5.73 Å². The third kappa shape index (κ3) is 4.33. The molecule has 1 aliphatic heterocycles. The van der Waals surface area contributed by atoms with E-state index in [0.717, 1.165) is 37.6 Å². The Kier molecular flexibility index (Phi) is 5.25. The van der Waals surface area contributed by atoms with Crippen LogP contribution in [0.5, 0.6) is 0 Å². The van der Waals surface area contributed by atoms with E-state index in [-0.39, 0.29) is 11.6 Å². The van der Waals surface area contributed by atoms with Gasteiger partial charge in [0.15, 0.2) is 0 Å². The molecule has 2 aromatic rings. The van der Waals surface area contributed by atoms with Crippen molar-refractivity contribution in [3.05, 3.63) is 59.4 Å². The van der Waals surface area contributed by atoms with Gasteiger partial charge in [-0.2, -0.15) is 0 Å². The maximum atomic E-state index is 12.1. The molecular weight excluding hydrogens is 320 g/mol. The molecule has 7 heteroatoms. The molecular formula is C18H20N4O3. The number of amides is 2. The summed E-state index contributed by atoms with van der Waals surface area (Å²) in [5.74, 6) is -0.868. The SMILES string of the molecule is NC(=O)c1ccc(C(=O)NCc2ccc(N3CCOCC3)cc2)cn1. The Morgan fingerprint density at radius 1 is 1.12 bits per heavy atom. The predicted octanol–water partition coefficient (Wildman–Crippen LogP) is 0.947. The average molecular weight is 340 g/mol. The molecule has 1 fully saturated rings. The lowest BCUT2D eigenvalue weighted by molar-refractivity contribution is 0.0947. The number of rotatable bonds is 5. The quantitative estimate of drug-likeness (QED) is 0.844. The summed E-state index contributed by atoms with van der Waals surface area (Å²) in [5.41, 5.74) is 7.81. The van der Waals surface area contributed by atoms with E-state index in [4.69, 9.17) is 10.5 Å². The molecule has 0 atom stereocenters. The highest BCUT2D eigenvalue weighted by atomic mass is 16.5. The minimum Gasteiger partial charge on any atom is -0.378 e. The number of carbonyl (C=O) groups is 2. The van der Waals surface area contributed by atoms with E-state index in [0.29, 0.717) is 12.1 Å². The Hall–Kier alpha value is -2.93. The molecule has 0 unspecified atom stereocenters. The Morgan fingerprint density at radius 2 is 1.84 bits per heavy atom. The fourth-order valence-corrected chi connectivity index (χ4v) is 2.60. The summed E-state index contributed by atoms with van der Waals surface area (Å²) in [6.07, 6.45) is 1.34. The highest BCUT2D eigenvalue weighted by Gasteiger charge is 2.11. The van der Waals surface area contributed by atoms with Crippen LogP contribution in [-0.4, -0.2) is 43.1 Å². The van der Waals surface area contributed by atoms with Crippen LogP contribution in [0.4, 0.5) is 5.69 Å². The van der Waals surface area contributed by atoms with Crippen LogP contribution in [0.15, 0.2) is 42.6 Å². The first-order chi connectivity index (χ1) is 12.1. The molecule has 2 amide bonds. The Bertz CT molecular complexity index is 738. The molecule has 25 heavy (non-hydrogen) atoms. The number of primary amides is 1. The number of benzene rings is 1. The van der Waals surface area contributed by atoms with Crippen LogP contribution < -0.4 is 16.0 Å². The highest BCUT2D eigenvalue weighted by Crippen LogP contribution is 2.16. The van der Waals surface area contributed by atoms with Gasteiger partial charge < -0.3 is 20.7 Å². The standard InChI is InChI=1S/C18H20N4O3/c19-17(23)16-6-3-14(12-20-16)18(24)21-11-13-1-4-15(5-2-13)22-7-9-25-10-8-22/h1-6,12H,7-11H2,(H2,19,23)(H,21,24). The number of morpholine rings is 1. The van der Waals surface area contributed by atoms with Gasteiger partial charge in [0.2, 0.25) is 0 Å². The van der Waals surface area contributed by atoms with E-state index in [2.05, 4.69) is 27.3 Å². The summed E-state index contributed by atoms with van der Waals surface area (Å²) >= 11 is 0. The second-order valence-electron chi connectivity index (χ2n) is 5.74. The minimum atomic E-state index is -0.618. The van der Waals surface area contributed by atoms with Crippen molar-refractivity contribution < 1.29 is 14.3 Å². The normalized spacial score (nSPS) is 14.2. The summed E-state index contributed by atoms with van der Waals surface area (Å²) in [4.78, 5) is 29.2. The van der Waals surface area contributed by atoms with Crippen LogP contribution in [0.3, 0.4) is 0 Å². The zero-order valence-corrected chi connectivity index (χ0v) is 13.8. The Labute approximate surface area is 145 Å². The molecule has 0 aliphatic carbocycles.